The zero-order valence-corrected chi connectivity index (χ0v) is 10.4. The van der Waals surface area contributed by atoms with Crippen molar-refractivity contribution in [1.29, 1.82) is 0 Å². The summed E-state index contributed by atoms with van der Waals surface area (Å²) in [6, 6.07) is 14.0. The Hall–Kier alpha value is -1.96. The van der Waals surface area contributed by atoms with Crippen molar-refractivity contribution in [2.24, 2.45) is 0 Å². The van der Waals surface area contributed by atoms with E-state index in [1.54, 1.807) is 6.07 Å². The van der Waals surface area contributed by atoms with Gasteiger partial charge in [0, 0.05) is 5.56 Å². The molecule has 2 nitrogen and oxygen atoms in total. The number of benzene rings is 2. The van der Waals surface area contributed by atoms with E-state index in [-0.39, 0.29) is 6.10 Å². The van der Waals surface area contributed by atoms with Gasteiger partial charge in [-0.3, -0.25) is 0 Å². The molecule has 0 aromatic heterocycles. The topological polar surface area (TPSA) is 29.5 Å². The standard InChI is InChI=1S/C16H16O2/c1-11-14(17)9-7-13-8-10-15(18-16(11)13)12-5-3-2-4-6-12/h2-7,9,15,17H,8,10H2,1H3/t15-/m0/s1. The van der Waals surface area contributed by atoms with Crippen molar-refractivity contribution in [1.82, 2.24) is 0 Å². The Morgan fingerprint density at radius 2 is 1.89 bits per heavy atom. The van der Waals surface area contributed by atoms with E-state index in [4.69, 9.17) is 4.74 Å². The molecule has 2 heteroatoms. The molecule has 2 aromatic rings. The maximum atomic E-state index is 9.75. The van der Waals surface area contributed by atoms with E-state index in [1.807, 2.05) is 31.2 Å². The molecule has 3 rings (SSSR count). The Morgan fingerprint density at radius 3 is 2.67 bits per heavy atom. The van der Waals surface area contributed by atoms with E-state index in [9.17, 15) is 5.11 Å². The summed E-state index contributed by atoms with van der Waals surface area (Å²) < 4.78 is 6.07. The first-order valence-corrected chi connectivity index (χ1v) is 6.29. The first kappa shape index (κ1) is 11.1. The Kier molecular flexibility index (Phi) is 2.71. The average molecular weight is 240 g/mol. The zero-order valence-electron chi connectivity index (χ0n) is 10.4. The maximum Gasteiger partial charge on any atom is 0.130 e. The number of hydrogen-bond acceptors (Lipinski definition) is 2. The number of aromatic hydroxyl groups is 1. The van der Waals surface area contributed by atoms with Crippen LogP contribution in [-0.2, 0) is 6.42 Å². The molecule has 0 bridgehead atoms. The average Bonchev–Trinajstić information content (AvgIpc) is 2.44. The summed E-state index contributed by atoms with van der Waals surface area (Å²) >= 11 is 0. The summed E-state index contributed by atoms with van der Waals surface area (Å²) in [6.07, 6.45) is 2.08. The van der Waals surface area contributed by atoms with Crippen molar-refractivity contribution in [3.8, 4) is 11.5 Å². The Bertz CT molecular complexity index is 561. The van der Waals surface area contributed by atoms with Gasteiger partial charge >= 0.3 is 0 Å². The molecule has 1 aliphatic heterocycles. The monoisotopic (exact) mass is 240 g/mol. The Balaban J connectivity index is 1.96. The lowest BCUT2D eigenvalue weighted by atomic mass is 9.95. The fourth-order valence-corrected chi connectivity index (χ4v) is 2.49. The van der Waals surface area contributed by atoms with Gasteiger partial charge in [-0.05, 0) is 37.0 Å². The van der Waals surface area contributed by atoms with E-state index in [0.717, 1.165) is 24.2 Å². The van der Waals surface area contributed by atoms with Crippen LogP contribution in [0, 0.1) is 6.92 Å². The van der Waals surface area contributed by atoms with Crippen LogP contribution in [-0.4, -0.2) is 5.11 Å². The third-order valence-electron chi connectivity index (χ3n) is 3.57. The molecule has 0 radical (unpaired) electrons. The highest BCUT2D eigenvalue weighted by molar-refractivity contribution is 5.50. The van der Waals surface area contributed by atoms with Crippen LogP contribution in [0.3, 0.4) is 0 Å². The number of aryl methyl sites for hydroxylation is 1. The van der Waals surface area contributed by atoms with Crippen molar-refractivity contribution >= 4 is 0 Å². The lowest BCUT2D eigenvalue weighted by Gasteiger charge is -2.28. The van der Waals surface area contributed by atoms with Gasteiger partial charge in [-0.25, -0.2) is 0 Å². The molecule has 2 aromatic carbocycles. The van der Waals surface area contributed by atoms with Crippen LogP contribution in [0.2, 0.25) is 0 Å². The van der Waals surface area contributed by atoms with Gasteiger partial charge in [0.25, 0.3) is 0 Å². The van der Waals surface area contributed by atoms with Crippen molar-refractivity contribution in [2.75, 3.05) is 0 Å². The highest BCUT2D eigenvalue weighted by atomic mass is 16.5. The number of phenols is 1. The predicted molar refractivity (Wildman–Crippen MR) is 71.0 cm³/mol. The predicted octanol–water partition coefficient (Wildman–Crippen LogP) is 3.77. The van der Waals surface area contributed by atoms with Crippen molar-refractivity contribution in [3.63, 3.8) is 0 Å². The highest BCUT2D eigenvalue weighted by Gasteiger charge is 2.23. The maximum absolute atomic E-state index is 9.75. The van der Waals surface area contributed by atoms with E-state index >= 15 is 0 Å². The van der Waals surface area contributed by atoms with Gasteiger partial charge in [-0.15, -0.1) is 0 Å². The molecule has 0 saturated heterocycles. The minimum Gasteiger partial charge on any atom is -0.508 e. The smallest absolute Gasteiger partial charge is 0.130 e. The molecule has 1 heterocycles. The minimum absolute atomic E-state index is 0.0965. The molecule has 0 aliphatic carbocycles. The van der Waals surface area contributed by atoms with Crippen LogP contribution in [0.15, 0.2) is 42.5 Å². The Labute approximate surface area is 107 Å². The summed E-state index contributed by atoms with van der Waals surface area (Å²) in [5.41, 5.74) is 3.23. The summed E-state index contributed by atoms with van der Waals surface area (Å²) in [4.78, 5) is 0. The first-order valence-electron chi connectivity index (χ1n) is 6.29. The second-order valence-electron chi connectivity index (χ2n) is 4.75. The van der Waals surface area contributed by atoms with Gasteiger partial charge in [-0.2, -0.15) is 0 Å². The lowest BCUT2D eigenvalue weighted by Crippen LogP contribution is -2.15. The van der Waals surface area contributed by atoms with Crippen molar-refractivity contribution < 1.29 is 9.84 Å². The molecule has 0 saturated carbocycles. The molecule has 0 unspecified atom stereocenters. The third-order valence-corrected chi connectivity index (χ3v) is 3.57. The summed E-state index contributed by atoms with van der Waals surface area (Å²) in [7, 11) is 0. The summed E-state index contributed by atoms with van der Waals surface area (Å²) in [6.45, 7) is 1.90. The zero-order chi connectivity index (χ0) is 12.5. The summed E-state index contributed by atoms with van der Waals surface area (Å²) in [5.74, 6) is 1.16. The molecule has 1 N–H and O–H groups in total. The van der Waals surface area contributed by atoms with Gasteiger partial charge in [0.1, 0.15) is 17.6 Å². The molecular weight excluding hydrogens is 224 g/mol. The molecule has 0 fully saturated rings. The molecule has 92 valence electrons. The van der Waals surface area contributed by atoms with Gasteiger partial charge in [0.15, 0.2) is 0 Å². The van der Waals surface area contributed by atoms with Crippen LogP contribution >= 0.6 is 0 Å². The van der Waals surface area contributed by atoms with Gasteiger partial charge in [-0.1, -0.05) is 36.4 Å². The number of hydrogen-bond donors (Lipinski definition) is 1. The van der Waals surface area contributed by atoms with Crippen molar-refractivity contribution in [2.45, 2.75) is 25.9 Å². The number of rotatable bonds is 1. The normalized spacial score (nSPS) is 17.9. The second-order valence-corrected chi connectivity index (χ2v) is 4.75. The van der Waals surface area contributed by atoms with Gasteiger partial charge < -0.3 is 9.84 Å². The largest absolute Gasteiger partial charge is 0.508 e. The number of phenolic OH excluding ortho intramolecular Hbond substituents is 1. The van der Waals surface area contributed by atoms with Crippen LogP contribution < -0.4 is 4.74 Å². The van der Waals surface area contributed by atoms with E-state index in [2.05, 4.69) is 12.1 Å². The molecule has 1 aliphatic rings. The third kappa shape index (κ3) is 1.84. The highest BCUT2D eigenvalue weighted by Crippen LogP contribution is 2.39. The number of fused-ring (bicyclic) bond motifs is 1. The molecule has 1 atom stereocenters. The molecule has 0 spiro atoms. The van der Waals surface area contributed by atoms with E-state index < -0.39 is 0 Å². The van der Waals surface area contributed by atoms with Crippen LogP contribution in [0.1, 0.15) is 29.2 Å². The first-order chi connectivity index (χ1) is 8.75. The fraction of sp³-hybridized carbons (Fsp3) is 0.250. The van der Waals surface area contributed by atoms with E-state index in [1.165, 1.54) is 11.1 Å². The molecule has 18 heavy (non-hydrogen) atoms. The molecule has 0 amide bonds. The van der Waals surface area contributed by atoms with Crippen LogP contribution in [0.25, 0.3) is 0 Å². The Morgan fingerprint density at radius 1 is 1.11 bits per heavy atom. The molecular formula is C16H16O2. The van der Waals surface area contributed by atoms with E-state index in [0.29, 0.717) is 5.75 Å². The fourth-order valence-electron chi connectivity index (χ4n) is 2.49. The van der Waals surface area contributed by atoms with Gasteiger partial charge in [0.2, 0.25) is 0 Å². The second kappa shape index (κ2) is 4.37. The van der Waals surface area contributed by atoms with Crippen LogP contribution in [0.4, 0.5) is 0 Å². The lowest BCUT2D eigenvalue weighted by molar-refractivity contribution is 0.174. The quantitative estimate of drug-likeness (QED) is 0.822. The minimum atomic E-state index is 0.0965. The van der Waals surface area contributed by atoms with Crippen LogP contribution in [0.5, 0.6) is 11.5 Å². The van der Waals surface area contributed by atoms with Crippen molar-refractivity contribution in [3.05, 3.63) is 59.2 Å². The van der Waals surface area contributed by atoms with Gasteiger partial charge in [0.05, 0.1) is 0 Å². The number of ether oxygens (including phenoxy) is 1. The SMILES string of the molecule is Cc1c(O)ccc2c1O[C@H](c1ccccc1)CC2. The summed E-state index contributed by atoms with van der Waals surface area (Å²) in [5, 5.41) is 9.75.